The minimum absolute atomic E-state index is 0.00424. The number of amides is 2. The van der Waals surface area contributed by atoms with Crippen LogP contribution >= 0.6 is 11.3 Å². The lowest BCUT2D eigenvalue weighted by Gasteiger charge is -2.34. The topological polar surface area (TPSA) is 86.4 Å². The summed E-state index contributed by atoms with van der Waals surface area (Å²) in [7, 11) is 0. The van der Waals surface area contributed by atoms with Crippen molar-refractivity contribution in [2.75, 3.05) is 26.2 Å². The first-order valence-corrected chi connectivity index (χ1v) is 11.7. The predicted molar refractivity (Wildman–Crippen MR) is 127 cm³/mol. The van der Waals surface area contributed by atoms with Crippen LogP contribution in [0.15, 0.2) is 54.0 Å². The minimum Gasteiger partial charge on any atom is -0.360 e. The van der Waals surface area contributed by atoms with Crippen molar-refractivity contribution in [3.05, 3.63) is 76.7 Å². The van der Waals surface area contributed by atoms with Crippen LogP contribution in [0.1, 0.15) is 26.4 Å². The monoisotopic (exact) mass is 476 g/mol. The number of ketones is 1. The molecule has 0 unspecified atom stereocenters. The van der Waals surface area contributed by atoms with Gasteiger partial charge < -0.3 is 14.8 Å². The number of carbonyl (C=O) groups is 3. The number of hydrogen-bond donors (Lipinski definition) is 1. The van der Waals surface area contributed by atoms with Crippen molar-refractivity contribution in [2.45, 2.75) is 6.92 Å². The Morgan fingerprint density at radius 2 is 1.71 bits per heavy atom. The molecule has 3 heterocycles. The van der Waals surface area contributed by atoms with Gasteiger partial charge >= 0.3 is 0 Å². The van der Waals surface area contributed by atoms with Crippen LogP contribution in [-0.4, -0.2) is 63.5 Å². The molecule has 5 rings (SSSR count). The summed E-state index contributed by atoms with van der Waals surface area (Å²) in [4.78, 5) is 49.2. The second-order valence-corrected chi connectivity index (χ2v) is 8.98. The van der Waals surface area contributed by atoms with Crippen LogP contribution < -0.4 is 0 Å². The van der Waals surface area contributed by atoms with Gasteiger partial charge in [0.1, 0.15) is 10.8 Å². The van der Waals surface area contributed by atoms with E-state index in [1.54, 1.807) is 35.2 Å². The molecule has 34 heavy (non-hydrogen) atoms. The van der Waals surface area contributed by atoms with Crippen molar-refractivity contribution in [2.24, 2.45) is 0 Å². The number of benzene rings is 2. The molecule has 1 aliphatic heterocycles. The van der Waals surface area contributed by atoms with E-state index in [2.05, 4.69) is 9.97 Å². The summed E-state index contributed by atoms with van der Waals surface area (Å²) in [5.74, 6) is -2.17. The fourth-order valence-corrected chi connectivity index (χ4v) is 5.01. The lowest BCUT2D eigenvalue weighted by molar-refractivity contribution is -0.127. The van der Waals surface area contributed by atoms with Crippen molar-refractivity contribution in [3.63, 3.8) is 0 Å². The zero-order valence-electron chi connectivity index (χ0n) is 18.4. The van der Waals surface area contributed by atoms with Gasteiger partial charge in [0.15, 0.2) is 0 Å². The molecular weight excluding hydrogens is 455 g/mol. The number of rotatable bonds is 4. The summed E-state index contributed by atoms with van der Waals surface area (Å²) >= 11 is 1.43. The molecule has 0 radical (unpaired) electrons. The molecule has 0 saturated carbocycles. The maximum absolute atomic E-state index is 14.8. The maximum Gasteiger partial charge on any atom is 0.295 e. The highest BCUT2D eigenvalue weighted by atomic mass is 32.1. The number of halogens is 1. The number of aryl methyl sites for hydroxylation is 1. The van der Waals surface area contributed by atoms with E-state index < -0.39 is 17.5 Å². The quantitative estimate of drug-likeness (QED) is 0.358. The van der Waals surface area contributed by atoms with Crippen LogP contribution in [0.3, 0.4) is 0 Å². The van der Waals surface area contributed by atoms with Gasteiger partial charge in [-0.3, -0.25) is 14.4 Å². The zero-order valence-corrected chi connectivity index (χ0v) is 19.2. The van der Waals surface area contributed by atoms with Crippen LogP contribution in [0.5, 0.6) is 0 Å². The Labute approximate surface area is 198 Å². The van der Waals surface area contributed by atoms with E-state index in [1.807, 2.05) is 18.4 Å². The van der Waals surface area contributed by atoms with Gasteiger partial charge in [-0.05, 0) is 31.2 Å². The van der Waals surface area contributed by atoms with Gasteiger partial charge in [-0.1, -0.05) is 18.2 Å². The first-order valence-electron chi connectivity index (χ1n) is 10.8. The number of H-pyrrole nitrogens is 1. The third-order valence-electron chi connectivity index (χ3n) is 5.95. The normalized spacial score (nSPS) is 13.9. The molecule has 1 saturated heterocycles. The first-order chi connectivity index (χ1) is 16.4. The molecule has 1 N–H and O–H groups in total. The van der Waals surface area contributed by atoms with Gasteiger partial charge in [0.05, 0.1) is 11.1 Å². The molecule has 0 atom stereocenters. The number of nitrogens with one attached hydrogen (secondary N) is 1. The van der Waals surface area contributed by atoms with Crippen LogP contribution in [0.4, 0.5) is 4.39 Å². The average molecular weight is 477 g/mol. The number of aromatic amines is 1. The van der Waals surface area contributed by atoms with Crippen LogP contribution in [0.25, 0.3) is 21.5 Å². The molecule has 172 valence electrons. The molecule has 0 spiro atoms. The summed E-state index contributed by atoms with van der Waals surface area (Å²) in [5.41, 5.74) is 2.53. The third-order valence-corrected chi connectivity index (χ3v) is 6.94. The van der Waals surface area contributed by atoms with Gasteiger partial charge in [-0.2, -0.15) is 0 Å². The Bertz CT molecular complexity index is 1400. The van der Waals surface area contributed by atoms with Gasteiger partial charge in [-0.15, -0.1) is 11.3 Å². The fourth-order valence-electron chi connectivity index (χ4n) is 4.18. The second-order valence-electron chi connectivity index (χ2n) is 8.12. The highest BCUT2D eigenvalue weighted by Gasteiger charge is 2.31. The number of Topliss-reactive ketones (excluding diaryl/α,β-unsaturated/α-hetero) is 1. The van der Waals surface area contributed by atoms with Gasteiger partial charge in [0.2, 0.25) is 0 Å². The lowest BCUT2D eigenvalue weighted by Crippen LogP contribution is -2.52. The minimum atomic E-state index is -0.777. The van der Waals surface area contributed by atoms with Crippen molar-refractivity contribution >= 4 is 39.8 Å². The Balaban J connectivity index is 1.35. The molecule has 7 nitrogen and oxygen atoms in total. The number of thiazole rings is 1. The number of aromatic nitrogens is 2. The van der Waals surface area contributed by atoms with Gasteiger partial charge in [0.25, 0.3) is 17.6 Å². The number of fused-ring (bicyclic) bond motifs is 1. The smallest absolute Gasteiger partial charge is 0.295 e. The molecule has 0 aliphatic carbocycles. The molecule has 1 fully saturated rings. The number of nitrogens with zero attached hydrogens (tertiary/aromatic N) is 3. The molecule has 1 aliphatic rings. The lowest BCUT2D eigenvalue weighted by atomic mass is 10.0. The van der Waals surface area contributed by atoms with E-state index in [0.717, 1.165) is 5.69 Å². The van der Waals surface area contributed by atoms with E-state index in [0.29, 0.717) is 34.7 Å². The van der Waals surface area contributed by atoms with E-state index >= 15 is 0 Å². The molecule has 2 aromatic carbocycles. The summed E-state index contributed by atoms with van der Waals surface area (Å²) in [6.07, 6.45) is 1.38. The van der Waals surface area contributed by atoms with Gasteiger partial charge in [-0.25, -0.2) is 9.37 Å². The zero-order chi connectivity index (χ0) is 23.8. The molecular formula is C25H21FN4O3S. The number of carbonyl (C=O) groups excluding carboxylic acids is 3. The molecule has 2 aromatic heterocycles. The van der Waals surface area contributed by atoms with E-state index in [-0.39, 0.29) is 29.9 Å². The van der Waals surface area contributed by atoms with Crippen LogP contribution in [0, 0.1) is 12.7 Å². The first kappa shape index (κ1) is 22.0. The van der Waals surface area contributed by atoms with Crippen molar-refractivity contribution < 1.29 is 18.8 Å². The predicted octanol–water partition coefficient (Wildman–Crippen LogP) is 3.91. The van der Waals surface area contributed by atoms with E-state index in [1.165, 1.54) is 28.5 Å². The molecule has 9 heteroatoms. The standard InChI is InChI=1S/C25H21FN4O3S/c1-15-14-34-23(28-15)17-7-8-19(26)20-18(13-27-21(17)20)22(31)25(33)30-11-9-29(10-12-30)24(32)16-5-3-2-4-6-16/h2-8,13-14,27H,9-12H2,1H3. The van der Waals surface area contributed by atoms with Crippen LogP contribution in [0.2, 0.25) is 0 Å². The third kappa shape index (κ3) is 3.88. The summed E-state index contributed by atoms with van der Waals surface area (Å²) in [6.45, 7) is 2.98. The Kier molecular flexibility index (Phi) is 5.70. The largest absolute Gasteiger partial charge is 0.360 e. The van der Waals surface area contributed by atoms with Crippen molar-refractivity contribution in [3.8, 4) is 10.6 Å². The highest BCUT2D eigenvalue weighted by Crippen LogP contribution is 2.33. The Morgan fingerprint density at radius 3 is 2.38 bits per heavy atom. The fraction of sp³-hybridized carbons (Fsp3) is 0.200. The Hall–Kier alpha value is -3.85. The molecule has 2 amide bonds. The van der Waals surface area contributed by atoms with Crippen molar-refractivity contribution in [1.29, 1.82) is 0 Å². The second kappa shape index (κ2) is 8.83. The summed E-state index contributed by atoms with van der Waals surface area (Å²) < 4.78 is 14.8. The summed E-state index contributed by atoms with van der Waals surface area (Å²) in [5, 5.41) is 2.68. The summed E-state index contributed by atoms with van der Waals surface area (Å²) in [6, 6.07) is 11.8. The van der Waals surface area contributed by atoms with Crippen LogP contribution in [-0.2, 0) is 4.79 Å². The SMILES string of the molecule is Cc1csc(-c2ccc(F)c3c(C(=O)C(=O)N4CCN(C(=O)c5ccccc5)CC4)c[nH]c23)n1. The van der Waals surface area contributed by atoms with Gasteiger partial charge in [0, 0.05) is 60.0 Å². The number of hydrogen-bond acceptors (Lipinski definition) is 5. The van der Waals surface area contributed by atoms with Crippen molar-refractivity contribution in [1.82, 2.24) is 19.8 Å². The van der Waals surface area contributed by atoms with E-state index in [4.69, 9.17) is 0 Å². The maximum atomic E-state index is 14.8. The Morgan fingerprint density at radius 1 is 1.00 bits per heavy atom. The number of piperazine rings is 1. The highest BCUT2D eigenvalue weighted by molar-refractivity contribution is 7.13. The molecule has 4 aromatic rings. The molecule has 0 bridgehead atoms. The average Bonchev–Trinajstić information content (AvgIpc) is 3.51. The van der Waals surface area contributed by atoms with E-state index in [9.17, 15) is 18.8 Å².